The molecular formula is C13H19NO3. The van der Waals surface area contributed by atoms with Gasteiger partial charge in [-0.2, -0.15) is 0 Å². The van der Waals surface area contributed by atoms with Crippen LogP contribution in [0.1, 0.15) is 39.0 Å². The number of hydrogen-bond donors (Lipinski definition) is 1. The van der Waals surface area contributed by atoms with Gasteiger partial charge in [-0.1, -0.05) is 0 Å². The van der Waals surface area contributed by atoms with Gasteiger partial charge in [0.15, 0.2) is 0 Å². The van der Waals surface area contributed by atoms with Crippen molar-refractivity contribution < 1.29 is 14.4 Å². The van der Waals surface area contributed by atoms with E-state index >= 15 is 0 Å². The smallest absolute Gasteiger partial charge is 0.302 e. The molecule has 5 atom stereocenters. The van der Waals surface area contributed by atoms with E-state index in [2.05, 4.69) is 0 Å². The van der Waals surface area contributed by atoms with E-state index in [1.54, 1.807) is 0 Å². The standard InChI is InChI=1S/C13H19NO3/c1-8(15)16-7-11-2-9-3-12(17-14)4-10(9)13(11,5-11)6-12/h9-10H,2-7,14H2,1H3. The van der Waals surface area contributed by atoms with Gasteiger partial charge in [-0.25, -0.2) is 5.90 Å². The zero-order chi connectivity index (χ0) is 11.9. The van der Waals surface area contributed by atoms with Crippen LogP contribution < -0.4 is 5.90 Å². The zero-order valence-corrected chi connectivity index (χ0v) is 10.2. The van der Waals surface area contributed by atoms with Crippen molar-refractivity contribution in [2.24, 2.45) is 28.6 Å². The summed E-state index contributed by atoms with van der Waals surface area (Å²) in [7, 11) is 0. The molecule has 2 N–H and O–H groups in total. The van der Waals surface area contributed by atoms with Crippen LogP contribution in [0.15, 0.2) is 0 Å². The van der Waals surface area contributed by atoms with E-state index in [9.17, 15) is 4.79 Å². The molecule has 0 radical (unpaired) electrons. The molecule has 0 aromatic heterocycles. The number of nitrogens with two attached hydrogens (primary N) is 1. The van der Waals surface area contributed by atoms with Gasteiger partial charge in [0.1, 0.15) is 0 Å². The quantitative estimate of drug-likeness (QED) is 0.595. The van der Waals surface area contributed by atoms with E-state index in [0.717, 1.165) is 31.1 Å². The monoisotopic (exact) mass is 237 g/mol. The Hall–Kier alpha value is -0.610. The fourth-order valence-electron chi connectivity index (χ4n) is 5.72. The Morgan fingerprint density at radius 2 is 2.18 bits per heavy atom. The molecule has 0 heterocycles. The van der Waals surface area contributed by atoms with Gasteiger partial charge < -0.3 is 4.74 Å². The van der Waals surface area contributed by atoms with Gasteiger partial charge in [0.2, 0.25) is 0 Å². The van der Waals surface area contributed by atoms with Crippen LogP contribution >= 0.6 is 0 Å². The number of hydrogen-bond acceptors (Lipinski definition) is 4. The summed E-state index contributed by atoms with van der Waals surface area (Å²) in [5.74, 6) is 6.90. The number of carbonyl (C=O) groups is 1. The van der Waals surface area contributed by atoms with Crippen LogP contribution in [0.5, 0.6) is 0 Å². The summed E-state index contributed by atoms with van der Waals surface area (Å²) < 4.78 is 5.30. The maximum absolute atomic E-state index is 11.0. The molecule has 4 aliphatic rings. The van der Waals surface area contributed by atoms with Crippen molar-refractivity contribution in [3.05, 3.63) is 0 Å². The highest BCUT2D eigenvalue weighted by Gasteiger charge is 2.84. The third-order valence-corrected chi connectivity index (χ3v) is 6.18. The minimum Gasteiger partial charge on any atom is -0.465 e. The second-order valence-corrected chi connectivity index (χ2v) is 6.85. The lowest BCUT2D eigenvalue weighted by molar-refractivity contribution is -0.143. The number of ether oxygens (including phenoxy) is 1. The van der Waals surface area contributed by atoms with E-state index in [0.29, 0.717) is 12.0 Å². The fraction of sp³-hybridized carbons (Fsp3) is 0.923. The molecule has 4 heteroatoms. The van der Waals surface area contributed by atoms with Crippen LogP contribution in [0.2, 0.25) is 0 Å². The van der Waals surface area contributed by atoms with E-state index in [1.807, 2.05) is 0 Å². The summed E-state index contributed by atoms with van der Waals surface area (Å²) in [6, 6.07) is 0. The van der Waals surface area contributed by atoms with Crippen LogP contribution in [0.3, 0.4) is 0 Å². The zero-order valence-electron chi connectivity index (χ0n) is 10.2. The van der Waals surface area contributed by atoms with Crippen LogP contribution in [-0.2, 0) is 14.4 Å². The van der Waals surface area contributed by atoms with Crippen molar-refractivity contribution in [3.8, 4) is 0 Å². The third kappa shape index (κ3) is 1.01. The maximum Gasteiger partial charge on any atom is 0.302 e. The second kappa shape index (κ2) is 2.69. The van der Waals surface area contributed by atoms with Gasteiger partial charge in [-0.3, -0.25) is 9.63 Å². The lowest BCUT2D eigenvalue weighted by Crippen LogP contribution is -2.33. The van der Waals surface area contributed by atoms with Crippen molar-refractivity contribution in [3.63, 3.8) is 0 Å². The van der Waals surface area contributed by atoms with Crippen molar-refractivity contribution in [1.82, 2.24) is 0 Å². The molecule has 5 unspecified atom stereocenters. The SMILES string of the molecule is CC(=O)OCC12CC3CC4(ON)CC3C1(C4)C2. The Balaban J connectivity index is 1.60. The minimum atomic E-state index is -0.153. The number of carbonyl (C=O) groups excluding carboxylic acids is 1. The molecule has 0 aromatic carbocycles. The number of rotatable bonds is 3. The Morgan fingerprint density at radius 1 is 1.35 bits per heavy atom. The first-order chi connectivity index (χ1) is 8.05. The predicted octanol–water partition coefficient (Wildman–Crippen LogP) is 1.39. The van der Waals surface area contributed by atoms with E-state index in [-0.39, 0.29) is 17.0 Å². The summed E-state index contributed by atoms with van der Waals surface area (Å²) in [5, 5.41) is 0. The number of fused-ring (bicyclic) bond motifs is 1. The molecule has 0 aliphatic heterocycles. The van der Waals surface area contributed by atoms with Gasteiger partial charge in [-0.15, -0.1) is 0 Å². The van der Waals surface area contributed by atoms with Gasteiger partial charge in [-0.05, 0) is 49.4 Å². The van der Waals surface area contributed by atoms with Crippen LogP contribution in [0.25, 0.3) is 0 Å². The summed E-state index contributed by atoms with van der Waals surface area (Å²) >= 11 is 0. The summed E-state index contributed by atoms with van der Waals surface area (Å²) in [6.07, 6.45) is 5.79. The Kier molecular flexibility index (Phi) is 1.64. The highest BCUT2D eigenvalue weighted by Crippen LogP contribution is 2.87. The van der Waals surface area contributed by atoms with Gasteiger partial charge in [0.05, 0.1) is 12.2 Å². The fourth-order valence-corrected chi connectivity index (χ4v) is 5.72. The second-order valence-electron chi connectivity index (χ2n) is 6.85. The molecule has 4 nitrogen and oxygen atoms in total. The normalized spacial score (nSPS) is 57.1. The predicted molar refractivity (Wildman–Crippen MR) is 59.6 cm³/mol. The number of esters is 1. The Labute approximate surface area is 101 Å². The first-order valence-electron chi connectivity index (χ1n) is 6.56. The lowest BCUT2D eigenvalue weighted by atomic mass is 9.81. The largest absolute Gasteiger partial charge is 0.465 e. The summed E-state index contributed by atoms with van der Waals surface area (Å²) in [4.78, 5) is 16.3. The molecule has 4 rings (SSSR count). The van der Waals surface area contributed by atoms with Gasteiger partial charge in [0.25, 0.3) is 0 Å². The van der Waals surface area contributed by atoms with Crippen LogP contribution in [-0.4, -0.2) is 18.2 Å². The van der Waals surface area contributed by atoms with E-state index < -0.39 is 0 Å². The van der Waals surface area contributed by atoms with Gasteiger partial charge >= 0.3 is 5.97 Å². The third-order valence-electron chi connectivity index (χ3n) is 6.18. The van der Waals surface area contributed by atoms with Crippen LogP contribution in [0.4, 0.5) is 0 Å². The first-order valence-corrected chi connectivity index (χ1v) is 6.56. The molecule has 2 bridgehead atoms. The Morgan fingerprint density at radius 3 is 2.76 bits per heavy atom. The van der Waals surface area contributed by atoms with Crippen molar-refractivity contribution in [2.45, 2.75) is 44.6 Å². The molecule has 0 aromatic rings. The van der Waals surface area contributed by atoms with Crippen molar-refractivity contribution in [2.75, 3.05) is 6.61 Å². The minimum absolute atomic E-state index is 0.0379. The van der Waals surface area contributed by atoms with E-state index in [1.165, 1.54) is 19.8 Å². The molecule has 0 saturated heterocycles. The Bertz CT molecular complexity index is 411. The van der Waals surface area contributed by atoms with Gasteiger partial charge in [0, 0.05) is 12.3 Å². The molecule has 4 fully saturated rings. The first kappa shape index (κ1) is 10.3. The topological polar surface area (TPSA) is 61.5 Å². The summed E-state index contributed by atoms with van der Waals surface area (Å²) in [5.41, 5.74) is 0.652. The molecule has 1 spiro atoms. The lowest BCUT2D eigenvalue weighted by Gasteiger charge is -2.29. The molecule has 0 amide bonds. The molecular weight excluding hydrogens is 218 g/mol. The van der Waals surface area contributed by atoms with Crippen molar-refractivity contribution in [1.29, 1.82) is 0 Å². The maximum atomic E-state index is 11.0. The highest BCUT2D eigenvalue weighted by atomic mass is 16.6. The molecule has 94 valence electrons. The van der Waals surface area contributed by atoms with Crippen LogP contribution in [0, 0.1) is 22.7 Å². The average Bonchev–Trinajstić information content (AvgIpc) is 2.58. The average molecular weight is 237 g/mol. The van der Waals surface area contributed by atoms with Crippen molar-refractivity contribution >= 4 is 5.97 Å². The summed E-state index contributed by atoms with van der Waals surface area (Å²) in [6.45, 7) is 2.12. The molecule has 4 saturated carbocycles. The molecule has 4 aliphatic carbocycles. The molecule has 17 heavy (non-hydrogen) atoms. The highest BCUT2D eigenvalue weighted by molar-refractivity contribution is 5.66. The van der Waals surface area contributed by atoms with E-state index in [4.69, 9.17) is 15.5 Å².